The van der Waals surface area contributed by atoms with Crippen molar-refractivity contribution in [3.8, 4) is 5.75 Å². The van der Waals surface area contributed by atoms with Crippen molar-refractivity contribution in [3.05, 3.63) is 27.3 Å². The predicted molar refractivity (Wildman–Crippen MR) is 70.3 cm³/mol. The van der Waals surface area contributed by atoms with E-state index < -0.39 is 29.2 Å². The minimum Gasteiger partial charge on any atom is -0.544 e. The molecule has 1 N–H and O–H groups in total. The highest BCUT2D eigenvalue weighted by Gasteiger charge is 2.51. The number of carboxylic acids is 1. The highest BCUT2D eigenvalue weighted by atomic mass is 127. The first-order valence-corrected chi connectivity index (χ1v) is 6.38. The van der Waals surface area contributed by atoms with E-state index >= 15 is 0 Å². The number of carboxylic acid groups (broad SMARTS) is 1. The minimum atomic E-state index is -4.37. The summed E-state index contributed by atoms with van der Waals surface area (Å²) in [5.41, 5.74) is -2.96. The summed E-state index contributed by atoms with van der Waals surface area (Å²) in [4.78, 5) is 22.2. The van der Waals surface area contributed by atoms with Crippen molar-refractivity contribution in [2.75, 3.05) is 0 Å². The lowest BCUT2D eigenvalue weighted by Crippen LogP contribution is -2.57. The van der Waals surface area contributed by atoms with Crippen LogP contribution in [0.5, 0.6) is 5.75 Å². The Morgan fingerprint density at radius 1 is 1.35 bits per heavy atom. The molecule has 5 nitrogen and oxygen atoms in total. The summed E-state index contributed by atoms with van der Waals surface area (Å²) < 4.78 is 31.8. The van der Waals surface area contributed by atoms with Gasteiger partial charge in [-0.3, -0.25) is 0 Å². The lowest BCUT2D eigenvalue weighted by molar-refractivity contribution is -0.341. The zero-order valence-corrected chi connectivity index (χ0v) is 12.6. The van der Waals surface area contributed by atoms with Crippen LogP contribution < -0.4 is 5.11 Å². The molecule has 0 saturated heterocycles. The van der Waals surface area contributed by atoms with E-state index in [4.69, 9.17) is 0 Å². The average Bonchev–Trinajstić information content (AvgIpc) is 2.31. The number of phenols is 1. The third kappa shape index (κ3) is 3.17. The molecule has 0 aromatic heterocycles. The van der Waals surface area contributed by atoms with E-state index in [0.29, 0.717) is 3.57 Å². The van der Waals surface area contributed by atoms with Crippen molar-refractivity contribution in [1.29, 1.82) is 0 Å². The lowest BCUT2D eigenvalue weighted by Gasteiger charge is -2.33. The Hall–Kier alpha value is -1.45. The first-order valence-electron chi connectivity index (χ1n) is 5.30. The van der Waals surface area contributed by atoms with Crippen LogP contribution in [0.2, 0.25) is 0 Å². The van der Waals surface area contributed by atoms with Crippen LogP contribution in [-0.2, 0) is 9.53 Å². The molecule has 0 saturated carbocycles. The van der Waals surface area contributed by atoms with E-state index in [0.717, 1.165) is 13.8 Å². The SMILES string of the molecule is CC(C)(OC(=O)c1cc(I)ccc1O)C(F)(F)C(=O)[O-]. The second kappa shape index (κ2) is 5.51. The van der Waals surface area contributed by atoms with Gasteiger partial charge in [-0.2, -0.15) is 8.78 Å². The molecule has 0 radical (unpaired) electrons. The Bertz CT molecular complexity index is 557. The molecule has 20 heavy (non-hydrogen) atoms. The van der Waals surface area contributed by atoms with Crippen molar-refractivity contribution >= 4 is 34.5 Å². The summed E-state index contributed by atoms with van der Waals surface area (Å²) >= 11 is 1.85. The standard InChI is InChI=1S/C12H11F2IO5/c1-11(2,12(13,14)10(18)19)20-9(17)7-5-6(15)3-4-8(7)16/h3-5,16H,1-2H3,(H,18,19)/p-1. The van der Waals surface area contributed by atoms with E-state index in [2.05, 4.69) is 4.74 Å². The fourth-order valence-electron chi connectivity index (χ4n) is 1.27. The molecule has 8 heteroatoms. The Kier molecular flexibility index (Phi) is 4.57. The molecule has 0 aliphatic heterocycles. The first-order chi connectivity index (χ1) is 8.99. The second-order valence-corrected chi connectivity index (χ2v) is 5.67. The Labute approximate surface area is 126 Å². The maximum atomic E-state index is 13.4. The summed E-state index contributed by atoms with van der Waals surface area (Å²) in [5, 5.41) is 19.9. The van der Waals surface area contributed by atoms with Crippen LogP contribution in [-0.4, -0.2) is 28.6 Å². The molecule has 0 unspecified atom stereocenters. The van der Waals surface area contributed by atoms with Crippen LogP contribution in [0.25, 0.3) is 0 Å². The monoisotopic (exact) mass is 399 g/mol. The first kappa shape index (κ1) is 16.6. The van der Waals surface area contributed by atoms with Gasteiger partial charge in [0, 0.05) is 3.57 Å². The molecule has 0 atom stereocenters. The van der Waals surface area contributed by atoms with E-state index in [1.165, 1.54) is 18.2 Å². The third-order valence-corrected chi connectivity index (χ3v) is 3.21. The molecule has 1 rings (SSSR count). The number of rotatable bonds is 4. The normalized spacial score (nSPS) is 12.1. The van der Waals surface area contributed by atoms with Gasteiger partial charge in [-0.15, -0.1) is 0 Å². The molecular weight excluding hydrogens is 389 g/mol. The van der Waals surface area contributed by atoms with Gasteiger partial charge < -0.3 is 19.7 Å². The number of hydrogen-bond acceptors (Lipinski definition) is 5. The highest BCUT2D eigenvalue weighted by Crippen LogP contribution is 2.33. The zero-order chi connectivity index (χ0) is 15.7. The number of hydrogen-bond donors (Lipinski definition) is 1. The fraction of sp³-hybridized carbons (Fsp3) is 0.333. The third-order valence-electron chi connectivity index (χ3n) is 2.54. The maximum Gasteiger partial charge on any atom is 0.342 e. The number of benzene rings is 1. The number of aromatic hydroxyl groups is 1. The topological polar surface area (TPSA) is 86.7 Å². The van der Waals surface area contributed by atoms with E-state index in [1.807, 2.05) is 22.6 Å². The predicted octanol–water partition coefficient (Wildman–Crippen LogP) is 1.32. The Morgan fingerprint density at radius 2 is 1.90 bits per heavy atom. The van der Waals surface area contributed by atoms with Crippen LogP contribution in [0.4, 0.5) is 8.78 Å². The van der Waals surface area contributed by atoms with Crippen LogP contribution in [0, 0.1) is 3.57 Å². The van der Waals surface area contributed by atoms with E-state index in [9.17, 15) is 28.6 Å². The van der Waals surface area contributed by atoms with Crippen molar-refractivity contribution < 1.29 is 33.3 Å². The van der Waals surface area contributed by atoms with Crippen molar-refractivity contribution in [2.45, 2.75) is 25.4 Å². The maximum absolute atomic E-state index is 13.4. The van der Waals surface area contributed by atoms with Gasteiger partial charge in [-0.1, -0.05) is 0 Å². The van der Waals surface area contributed by atoms with Crippen molar-refractivity contribution in [2.24, 2.45) is 0 Å². The van der Waals surface area contributed by atoms with Gasteiger partial charge in [0.15, 0.2) is 5.60 Å². The molecule has 1 aromatic carbocycles. The van der Waals surface area contributed by atoms with E-state index in [1.54, 1.807) is 0 Å². The van der Waals surface area contributed by atoms with Gasteiger partial charge in [0.25, 0.3) is 0 Å². The van der Waals surface area contributed by atoms with Gasteiger partial charge >= 0.3 is 11.9 Å². The van der Waals surface area contributed by atoms with Crippen LogP contribution in [0.3, 0.4) is 0 Å². The molecule has 0 aliphatic rings. The lowest BCUT2D eigenvalue weighted by atomic mass is 10.0. The Balaban J connectivity index is 3.06. The van der Waals surface area contributed by atoms with Crippen LogP contribution in [0.15, 0.2) is 18.2 Å². The number of aliphatic carboxylic acids is 1. The van der Waals surface area contributed by atoms with Gasteiger partial charge in [-0.05, 0) is 54.6 Å². The molecule has 0 aliphatic carbocycles. The number of alkyl halides is 2. The molecular formula is C12H10F2IO5-. The van der Waals surface area contributed by atoms with Crippen LogP contribution >= 0.6 is 22.6 Å². The number of carbonyl (C=O) groups is 2. The number of halogens is 3. The molecule has 0 heterocycles. The summed E-state index contributed by atoms with van der Waals surface area (Å²) in [6, 6.07) is 3.92. The van der Waals surface area contributed by atoms with Crippen molar-refractivity contribution in [3.63, 3.8) is 0 Å². The highest BCUT2D eigenvalue weighted by molar-refractivity contribution is 14.1. The molecule has 0 spiro atoms. The van der Waals surface area contributed by atoms with Gasteiger partial charge in [0.1, 0.15) is 17.3 Å². The summed E-state index contributed by atoms with van der Waals surface area (Å²) in [7, 11) is 0. The second-order valence-electron chi connectivity index (χ2n) is 4.42. The van der Waals surface area contributed by atoms with Crippen LogP contribution in [0.1, 0.15) is 24.2 Å². The number of ether oxygens (including phenoxy) is 1. The van der Waals surface area contributed by atoms with Crippen molar-refractivity contribution in [1.82, 2.24) is 0 Å². The molecule has 1 aromatic rings. The van der Waals surface area contributed by atoms with Gasteiger partial charge in [0.2, 0.25) is 0 Å². The smallest absolute Gasteiger partial charge is 0.342 e. The molecule has 0 fully saturated rings. The van der Waals surface area contributed by atoms with Gasteiger partial charge in [-0.25, -0.2) is 4.79 Å². The largest absolute Gasteiger partial charge is 0.544 e. The number of carbonyl (C=O) groups excluding carboxylic acids is 2. The average molecular weight is 399 g/mol. The van der Waals surface area contributed by atoms with E-state index in [-0.39, 0.29) is 5.56 Å². The molecule has 0 amide bonds. The fourth-order valence-corrected chi connectivity index (χ4v) is 1.76. The number of esters is 1. The summed E-state index contributed by atoms with van der Waals surface area (Å²) in [6.07, 6.45) is 0. The number of phenolic OH excluding ortho intramolecular Hbond substituents is 1. The minimum absolute atomic E-state index is 0.334. The Morgan fingerprint density at radius 3 is 2.40 bits per heavy atom. The summed E-state index contributed by atoms with van der Waals surface area (Å²) in [5.74, 6) is -8.74. The van der Waals surface area contributed by atoms with Gasteiger partial charge in [0.05, 0.1) is 0 Å². The zero-order valence-electron chi connectivity index (χ0n) is 10.4. The summed E-state index contributed by atoms with van der Waals surface area (Å²) in [6.45, 7) is 1.48. The quantitative estimate of drug-likeness (QED) is 0.610. The molecule has 110 valence electrons. The molecule has 0 bridgehead atoms.